The summed E-state index contributed by atoms with van der Waals surface area (Å²) in [6, 6.07) is 0. The van der Waals surface area contributed by atoms with Crippen LogP contribution in [-0.2, 0) is 0 Å². The Morgan fingerprint density at radius 3 is 2.24 bits per heavy atom. The highest BCUT2D eigenvalue weighted by molar-refractivity contribution is 4.73. The third-order valence-electron chi connectivity index (χ3n) is 4.78. The van der Waals surface area contributed by atoms with Crippen LogP contribution >= 0.6 is 0 Å². The molecular weight excluding hydrogens is 260 g/mol. The number of nitrogens with zero attached hydrogens (tertiary/aromatic N) is 1. The molecule has 0 amide bonds. The van der Waals surface area contributed by atoms with Crippen molar-refractivity contribution in [3.63, 3.8) is 0 Å². The van der Waals surface area contributed by atoms with Gasteiger partial charge < -0.3 is 10.4 Å². The molecule has 1 saturated heterocycles. The molecule has 0 spiro atoms. The molecular formula is C18H38N2O. The number of aliphatic hydroxyl groups is 1. The van der Waals surface area contributed by atoms with E-state index in [0.29, 0.717) is 5.92 Å². The normalized spacial score (nSPS) is 19.6. The van der Waals surface area contributed by atoms with E-state index in [1.807, 2.05) is 0 Å². The monoisotopic (exact) mass is 298 g/mol. The molecule has 0 aromatic rings. The highest BCUT2D eigenvalue weighted by atomic mass is 16.3. The van der Waals surface area contributed by atoms with E-state index in [9.17, 15) is 5.11 Å². The Morgan fingerprint density at radius 1 is 0.905 bits per heavy atom. The smallest absolute Gasteiger partial charge is 0.107 e. The van der Waals surface area contributed by atoms with Crippen molar-refractivity contribution in [2.45, 2.75) is 84.3 Å². The molecule has 126 valence electrons. The van der Waals surface area contributed by atoms with Gasteiger partial charge in [-0.3, -0.25) is 4.90 Å². The molecule has 0 radical (unpaired) electrons. The SMILES string of the molecule is CCCCCCCCC(CCC)CC(O)N1CCNCC1. The van der Waals surface area contributed by atoms with Crippen LogP contribution in [0.4, 0.5) is 0 Å². The molecule has 0 aromatic heterocycles. The average molecular weight is 299 g/mol. The van der Waals surface area contributed by atoms with E-state index in [2.05, 4.69) is 24.1 Å². The van der Waals surface area contributed by atoms with Crippen molar-refractivity contribution in [3.8, 4) is 0 Å². The minimum atomic E-state index is -0.219. The van der Waals surface area contributed by atoms with Crippen LogP contribution in [0.3, 0.4) is 0 Å². The van der Waals surface area contributed by atoms with Gasteiger partial charge in [-0.15, -0.1) is 0 Å². The highest BCUT2D eigenvalue weighted by Crippen LogP contribution is 2.23. The summed E-state index contributed by atoms with van der Waals surface area (Å²) in [6.07, 6.45) is 12.8. The topological polar surface area (TPSA) is 35.5 Å². The molecule has 0 aromatic carbocycles. The second kappa shape index (κ2) is 12.4. The van der Waals surface area contributed by atoms with Gasteiger partial charge in [-0.2, -0.15) is 0 Å². The van der Waals surface area contributed by atoms with Crippen LogP contribution in [-0.4, -0.2) is 42.4 Å². The summed E-state index contributed by atoms with van der Waals surface area (Å²) >= 11 is 0. The Labute approximate surface area is 132 Å². The number of rotatable bonds is 12. The lowest BCUT2D eigenvalue weighted by atomic mass is 9.92. The summed E-state index contributed by atoms with van der Waals surface area (Å²) in [7, 11) is 0. The summed E-state index contributed by atoms with van der Waals surface area (Å²) < 4.78 is 0. The summed E-state index contributed by atoms with van der Waals surface area (Å²) in [6.45, 7) is 8.58. The fourth-order valence-electron chi connectivity index (χ4n) is 3.43. The van der Waals surface area contributed by atoms with Crippen molar-refractivity contribution in [2.24, 2.45) is 5.92 Å². The van der Waals surface area contributed by atoms with Gasteiger partial charge in [0.15, 0.2) is 0 Å². The number of piperazine rings is 1. The fraction of sp³-hybridized carbons (Fsp3) is 1.00. The minimum absolute atomic E-state index is 0.219. The molecule has 3 nitrogen and oxygen atoms in total. The summed E-state index contributed by atoms with van der Waals surface area (Å²) in [5.74, 6) is 0.714. The largest absolute Gasteiger partial charge is 0.378 e. The van der Waals surface area contributed by atoms with E-state index >= 15 is 0 Å². The van der Waals surface area contributed by atoms with Crippen LogP contribution in [0.1, 0.15) is 78.1 Å². The van der Waals surface area contributed by atoms with Gasteiger partial charge >= 0.3 is 0 Å². The number of unbranched alkanes of at least 4 members (excludes halogenated alkanes) is 5. The minimum Gasteiger partial charge on any atom is -0.378 e. The molecule has 1 heterocycles. The van der Waals surface area contributed by atoms with E-state index in [1.165, 1.54) is 57.8 Å². The lowest BCUT2D eigenvalue weighted by Gasteiger charge is -2.33. The van der Waals surface area contributed by atoms with Crippen molar-refractivity contribution in [2.75, 3.05) is 26.2 Å². The van der Waals surface area contributed by atoms with Gasteiger partial charge in [0.2, 0.25) is 0 Å². The molecule has 3 heteroatoms. The Kier molecular flexibility index (Phi) is 11.2. The van der Waals surface area contributed by atoms with E-state index in [4.69, 9.17) is 0 Å². The Hall–Kier alpha value is -0.120. The number of aliphatic hydroxyl groups excluding tert-OH is 1. The average Bonchev–Trinajstić information content (AvgIpc) is 2.51. The van der Waals surface area contributed by atoms with Gasteiger partial charge in [0.25, 0.3) is 0 Å². The zero-order valence-corrected chi connectivity index (χ0v) is 14.4. The first-order valence-electron chi connectivity index (χ1n) is 9.40. The number of hydrogen-bond donors (Lipinski definition) is 2. The molecule has 0 bridgehead atoms. The van der Waals surface area contributed by atoms with Crippen molar-refractivity contribution < 1.29 is 5.11 Å². The molecule has 2 unspecified atom stereocenters. The Morgan fingerprint density at radius 2 is 1.57 bits per heavy atom. The molecule has 0 aliphatic carbocycles. The van der Waals surface area contributed by atoms with Crippen LogP contribution < -0.4 is 5.32 Å². The molecule has 1 aliphatic heterocycles. The predicted octanol–water partition coefficient (Wildman–Crippen LogP) is 3.77. The summed E-state index contributed by atoms with van der Waals surface area (Å²) in [5, 5.41) is 13.8. The van der Waals surface area contributed by atoms with Gasteiger partial charge in [0, 0.05) is 26.2 Å². The van der Waals surface area contributed by atoms with Crippen molar-refractivity contribution in [1.82, 2.24) is 10.2 Å². The van der Waals surface area contributed by atoms with E-state index in [1.54, 1.807) is 0 Å². The van der Waals surface area contributed by atoms with Gasteiger partial charge in [-0.25, -0.2) is 0 Å². The third-order valence-corrected chi connectivity index (χ3v) is 4.78. The van der Waals surface area contributed by atoms with Gasteiger partial charge in [0.05, 0.1) is 0 Å². The molecule has 0 saturated carbocycles. The summed E-state index contributed by atoms with van der Waals surface area (Å²) in [4.78, 5) is 2.25. The van der Waals surface area contributed by atoms with E-state index in [0.717, 1.165) is 32.6 Å². The number of nitrogens with one attached hydrogen (secondary N) is 1. The predicted molar refractivity (Wildman–Crippen MR) is 91.5 cm³/mol. The third kappa shape index (κ3) is 8.80. The van der Waals surface area contributed by atoms with Gasteiger partial charge in [0.1, 0.15) is 6.23 Å². The quantitative estimate of drug-likeness (QED) is 0.538. The van der Waals surface area contributed by atoms with Crippen LogP contribution in [0.25, 0.3) is 0 Å². The van der Waals surface area contributed by atoms with Crippen LogP contribution in [0, 0.1) is 5.92 Å². The summed E-state index contributed by atoms with van der Waals surface area (Å²) in [5.41, 5.74) is 0. The fourth-order valence-corrected chi connectivity index (χ4v) is 3.43. The maximum absolute atomic E-state index is 10.4. The van der Waals surface area contributed by atoms with E-state index in [-0.39, 0.29) is 6.23 Å². The molecule has 21 heavy (non-hydrogen) atoms. The second-order valence-electron chi connectivity index (χ2n) is 6.71. The first kappa shape index (κ1) is 18.9. The highest BCUT2D eigenvalue weighted by Gasteiger charge is 2.21. The number of hydrogen-bond acceptors (Lipinski definition) is 3. The van der Waals surface area contributed by atoms with Crippen LogP contribution in [0.15, 0.2) is 0 Å². The lowest BCUT2D eigenvalue weighted by Crippen LogP contribution is -2.48. The maximum Gasteiger partial charge on any atom is 0.107 e. The van der Waals surface area contributed by atoms with Crippen molar-refractivity contribution in [3.05, 3.63) is 0 Å². The zero-order valence-electron chi connectivity index (χ0n) is 14.4. The molecule has 1 rings (SSSR count). The van der Waals surface area contributed by atoms with E-state index < -0.39 is 0 Å². The maximum atomic E-state index is 10.4. The van der Waals surface area contributed by atoms with Crippen LogP contribution in [0.2, 0.25) is 0 Å². The van der Waals surface area contributed by atoms with Gasteiger partial charge in [-0.05, 0) is 12.3 Å². The van der Waals surface area contributed by atoms with Gasteiger partial charge in [-0.1, -0.05) is 71.6 Å². The Bertz CT molecular complexity index is 229. The Balaban J connectivity index is 2.18. The molecule has 2 N–H and O–H groups in total. The van der Waals surface area contributed by atoms with Crippen molar-refractivity contribution in [1.29, 1.82) is 0 Å². The first-order valence-corrected chi connectivity index (χ1v) is 9.40. The first-order chi connectivity index (χ1) is 10.3. The molecule has 1 fully saturated rings. The van der Waals surface area contributed by atoms with Crippen molar-refractivity contribution >= 4 is 0 Å². The van der Waals surface area contributed by atoms with Crippen LogP contribution in [0.5, 0.6) is 0 Å². The molecule has 2 atom stereocenters. The zero-order chi connectivity index (χ0) is 15.3. The standard InChI is InChI=1S/C18H38N2O/c1-3-5-6-7-8-9-11-17(10-4-2)16-18(21)20-14-12-19-13-15-20/h17-19,21H,3-16H2,1-2H3. The molecule has 1 aliphatic rings. The second-order valence-corrected chi connectivity index (χ2v) is 6.71. The lowest BCUT2D eigenvalue weighted by molar-refractivity contribution is -0.0217.